The van der Waals surface area contributed by atoms with Crippen molar-refractivity contribution in [2.45, 2.75) is 49.7 Å². The van der Waals surface area contributed by atoms with Gasteiger partial charge in [0, 0.05) is 17.4 Å². The van der Waals surface area contributed by atoms with Crippen LogP contribution in [0.15, 0.2) is 35.5 Å². The number of aliphatic hydroxyl groups excluding tert-OH is 2. The molecular weight excluding hydrogens is 278 g/mol. The molecule has 1 unspecified atom stereocenters. The van der Waals surface area contributed by atoms with Crippen molar-refractivity contribution in [3.8, 4) is 0 Å². The highest BCUT2D eigenvalue weighted by Gasteiger charge is 2.69. The summed E-state index contributed by atoms with van der Waals surface area (Å²) >= 11 is 0. The highest BCUT2D eigenvalue weighted by atomic mass is 16.5. The SMILES string of the molecule is CN1CC[C@]23C4=C5C=C[C@H](O)C4(C)O[C@H]2[C@@H](O)C=C[C@H]3[C@H]1C5. The fourth-order valence-corrected chi connectivity index (χ4v) is 5.96. The van der Waals surface area contributed by atoms with Crippen LogP contribution in [0.25, 0.3) is 0 Å². The van der Waals surface area contributed by atoms with E-state index in [9.17, 15) is 10.2 Å². The Labute approximate surface area is 130 Å². The number of aliphatic hydroxyl groups is 2. The Bertz CT molecular complexity index is 638. The molecule has 0 aromatic carbocycles. The molecule has 2 bridgehead atoms. The minimum atomic E-state index is -0.680. The van der Waals surface area contributed by atoms with E-state index in [2.05, 4.69) is 24.1 Å². The van der Waals surface area contributed by atoms with Crippen LogP contribution < -0.4 is 0 Å². The van der Waals surface area contributed by atoms with Gasteiger partial charge in [0.1, 0.15) is 11.7 Å². The van der Waals surface area contributed by atoms with Crippen LogP contribution in [-0.2, 0) is 4.74 Å². The van der Waals surface area contributed by atoms with Gasteiger partial charge in [-0.25, -0.2) is 0 Å². The first kappa shape index (κ1) is 13.5. The smallest absolute Gasteiger partial charge is 0.117 e. The van der Waals surface area contributed by atoms with Crippen LogP contribution in [0, 0.1) is 11.3 Å². The summed E-state index contributed by atoms with van der Waals surface area (Å²) in [6.07, 6.45) is 8.64. The Morgan fingerprint density at radius 2 is 2.09 bits per heavy atom. The minimum absolute atomic E-state index is 0.139. The van der Waals surface area contributed by atoms with E-state index in [0.717, 1.165) is 19.4 Å². The molecule has 0 radical (unpaired) electrons. The van der Waals surface area contributed by atoms with E-state index in [1.165, 1.54) is 11.1 Å². The van der Waals surface area contributed by atoms with Gasteiger partial charge in [0.2, 0.25) is 0 Å². The van der Waals surface area contributed by atoms with Crippen molar-refractivity contribution in [3.05, 3.63) is 35.5 Å². The Balaban J connectivity index is 1.81. The van der Waals surface area contributed by atoms with Gasteiger partial charge in [0.15, 0.2) is 0 Å². The molecule has 118 valence electrons. The molecule has 2 N–H and O–H groups in total. The maximum Gasteiger partial charge on any atom is 0.117 e. The lowest BCUT2D eigenvalue weighted by molar-refractivity contribution is -0.135. The third-order valence-corrected chi connectivity index (χ3v) is 6.92. The first-order chi connectivity index (χ1) is 10.5. The molecule has 0 aromatic rings. The molecule has 0 amide bonds. The first-order valence-electron chi connectivity index (χ1n) is 8.33. The number of rotatable bonds is 0. The molecule has 5 aliphatic rings. The number of piperidine rings is 1. The van der Waals surface area contributed by atoms with Gasteiger partial charge in [-0.3, -0.25) is 0 Å². The Morgan fingerprint density at radius 1 is 1.27 bits per heavy atom. The summed E-state index contributed by atoms with van der Waals surface area (Å²) in [7, 11) is 2.20. The Morgan fingerprint density at radius 3 is 2.91 bits per heavy atom. The number of hydrogen-bond donors (Lipinski definition) is 2. The summed E-state index contributed by atoms with van der Waals surface area (Å²) < 4.78 is 6.39. The van der Waals surface area contributed by atoms with Crippen LogP contribution in [-0.4, -0.2) is 58.7 Å². The average molecular weight is 301 g/mol. The van der Waals surface area contributed by atoms with Crippen molar-refractivity contribution in [1.29, 1.82) is 0 Å². The summed E-state index contributed by atoms with van der Waals surface area (Å²) in [5.74, 6) is 0.374. The second-order valence-electron chi connectivity index (χ2n) is 7.79. The van der Waals surface area contributed by atoms with Gasteiger partial charge in [0.05, 0.1) is 12.2 Å². The largest absolute Gasteiger partial charge is 0.386 e. The summed E-state index contributed by atoms with van der Waals surface area (Å²) in [4.78, 5) is 2.45. The van der Waals surface area contributed by atoms with Crippen LogP contribution in [0.1, 0.15) is 19.8 Å². The number of ether oxygens (including phenoxy) is 1. The van der Waals surface area contributed by atoms with Gasteiger partial charge >= 0.3 is 0 Å². The molecule has 0 aromatic heterocycles. The monoisotopic (exact) mass is 301 g/mol. The zero-order valence-corrected chi connectivity index (χ0v) is 13.1. The maximum absolute atomic E-state index is 10.6. The standard InChI is InChI=1S/C18H23NO3/c1-17-14(21)6-3-10-9-12-11-4-5-13(20)16(22-17)18(11,15(10)17)7-8-19(12)2/h3-6,11-14,16,20-21H,7-9H2,1-2H3/t11-,12+,13-,14-,16-,17?,18-/m0/s1. The Hall–Kier alpha value is -0.940. The second kappa shape index (κ2) is 3.93. The van der Waals surface area contributed by atoms with Crippen LogP contribution in [0.3, 0.4) is 0 Å². The molecule has 22 heavy (non-hydrogen) atoms. The molecule has 2 aliphatic heterocycles. The summed E-state index contributed by atoms with van der Waals surface area (Å²) in [5, 5.41) is 21.2. The van der Waals surface area contributed by atoms with Gasteiger partial charge in [-0.05, 0) is 44.5 Å². The van der Waals surface area contributed by atoms with Crippen LogP contribution >= 0.6 is 0 Å². The summed E-state index contributed by atoms with van der Waals surface area (Å²) in [5.41, 5.74) is 1.78. The zero-order chi connectivity index (χ0) is 15.3. The second-order valence-corrected chi connectivity index (χ2v) is 7.79. The fourth-order valence-electron chi connectivity index (χ4n) is 5.96. The van der Waals surface area contributed by atoms with E-state index in [4.69, 9.17) is 4.74 Å². The third kappa shape index (κ3) is 1.27. The normalized spacial score (nSPS) is 55.5. The highest BCUT2D eigenvalue weighted by Crippen LogP contribution is 2.66. The fraction of sp³-hybridized carbons (Fsp3) is 0.667. The van der Waals surface area contributed by atoms with Crippen molar-refractivity contribution in [1.82, 2.24) is 4.90 Å². The molecule has 2 fully saturated rings. The van der Waals surface area contributed by atoms with E-state index in [-0.39, 0.29) is 11.5 Å². The summed E-state index contributed by atoms with van der Waals surface area (Å²) in [6, 6.07) is 0.463. The number of hydrogen-bond acceptors (Lipinski definition) is 4. The van der Waals surface area contributed by atoms with Gasteiger partial charge in [-0.1, -0.05) is 24.3 Å². The molecule has 2 saturated heterocycles. The number of allylic oxidation sites excluding steroid dienone is 1. The predicted molar refractivity (Wildman–Crippen MR) is 82.2 cm³/mol. The zero-order valence-electron chi connectivity index (χ0n) is 13.1. The molecule has 3 aliphatic carbocycles. The van der Waals surface area contributed by atoms with Crippen molar-refractivity contribution < 1.29 is 14.9 Å². The van der Waals surface area contributed by atoms with E-state index in [0.29, 0.717) is 12.0 Å². The van der Waals surface area contributed by atoms with Gasteiger partial charge in [0.25, 0.3) is 0 Å². The van der Waals surface area contributed by atoms with Gasteiger partial charge < -0.3 is 19.8 Å². The van der Waals surface area contributed by atoms with Crippen LogP contribution in [0.4, 0.5) is 0 Å². The molecule has 5 rings (SSSR count). The van der Waals surface area contributed by atoms with E-state index in [1.54, 1.807) is 0 Å². The van der Waals surface area contributed by atoms with Gasteiger partial charge in [-0.2, -0.15) is 0 Å². The molecule has 4 nitrogen and oxygen atoms in total. The molecule has 1 spiro atoms. The van der Waals surface area contributed by atoms with Crippen LogP contribution in [0.2, 0.25) is 0 Å². The first-order valence-corrected chi connectivity index (χ1v) is 8.33. The average Bonchev–Trinajstić information content (AvgIpc) is 2.78. The maximum atomic E-state index is 10.6. The number of likely N-dealkylation sites (tertiary alicyclic amines) is 1. The lowest BCUT2D eigenvalue weighted by Crippen LogP contribution is -2.62. The molecular formula is C18H23NO3. The van der Waals surface area contributed by atoms with Crippen molar-refractivity contribution in [3.63, 3.8) is 0 Å². The van der Waals surface area contributed by atoms with Gasteiger partial charge in [-0.15, -0.1) is 0 Å². The van der Waals surface area contributed by atoms with Crippen molar-refractivity contribution >= 4 is 0 Å². The third-order valence-electron chi connectivity index (χ3n) is 6.92. The quantitative estimate of drug-likeness (QED) is 0.656. The van der Waals surface area contributed by atoms with Crippen LogP contribution in [0.5, 0.6) is 0 Å². The number of nitrogens with zero attached hydrogens (tertiary/aromatic N) is 1. The van der Waals surface area contributed by atoms with E-state index in [1.807, 2.05) is 19.1 Å². The van der Waals surface area contributed by atoms with E-state index >= 15 is 0 Å². The topological polar surface area (TPSA) is 52.9 Å². The van der Waals surface area contributed by atoms with Crippen molar-refractivity contribution in [2.75, 3.05) is 13.6 Å². The predicted octanol–water partition coefficient (Wildman–Crippen LogP) is 1.01. The van der Waals surface area contributed by atoms with E-state index < -0.39 is 17.8 Å². The van der Waals surface area contributed by atoms with Crippen molar-refractivity contribution in [2.24, 2.45) is 11.3 Å². The summed E-state index contributed by atoms with van der Waals surface area (Å²) in [6.45, 7) is 3.03. The molecule has 0 saturated carbocycles. The highest BCUT2D eigenvalue weighted by molar-refractivity contribution is 5.52. The molecule has 2 heterocycles. The molecule has 7 atom stereocenters. The molecule has 4 heteroatoms. The minimum Gasteiger partial charge on any atom is -0.386 e. The lowest BCUT2D eigenvalue weighted by Gasteiger charge is -2.58. The lowest BCUT2D eigenvalue weighted by atomic mass is 9.50. The Kier molecular flexibility index (Phi) is 2.41.